The lowest BCUT2D eigenvalue weighted by Crippen LogP contribution is -2.35. The van der Waals surface area contributed by atoms with E-state index in [1.54, 1.807) is 5.06 Å². The van der Waals surface area contributed by atoms with Crippen molar-refractivity contribution in [3.8, 4) is 0 Å². The summed E-state index contributed by atoms with van der Waals surface area (Å²) >= 11 is 0. The van der Waals surface area contributed by atoms with Crippen LogP contribution in [0.1, 0.15) is 40.0 Å². The van der Waals surface area contributed by atoms with Gasteiger partial charge in [-0.25, -0.2) is 4.79 Å². The van der Waals surface area contributed by atoms with Gasteiger partial charge in [-0.3, -0.25) is 0 Å². The maximum absolute atomic E-state index is 11.2. The molecular weight excluding hydrogens is 182 g/mol. The Balaban J connectivity index is 2.25. The second kappa shape index (κ2) is 4.64. The summed E-state index contributed by atoms with van der Waals surface area (Å²) < 4.78 is 5.04. The van der Waals surface area contributed by atoms with Gasteiger partial charge in [0.25, 0.3) is 0 Å². The summed E-state index contributed by atoms with van der Waals surface area (Å²) in [5.41, 5.74) is -0.479. The molecule has 0 spiro atoms. The maximum Gasteiger partial charge on any atom is 0.528 e. The van der Waals surface area contributed by atoms with Crippen LogP contribution in [0.3, 0.4) is 0 Å². The maximum atomic E-state index is 11.2. The molecule has 0 unspecified atom stereocenters. The highest BCUT2D eigenvalue weighted by Gasteiger charge is 2.21. The summed E-state index contributed by atoms with van der Waals surface area (Å²) in [5, 5.41) is 1.68. The van der Waals surface area contributed by atoms with Gasteiger partial charge in [0.05, 0.1) is 0 Å². The van der Waals surface area contributed by atoms with E-state index in [0.717, 1.165) is 25.9 Å². The van der Waals surface area contributed by atoms with Crippen LogP contribution in [0.2, 0.25) is 0 Å². The molecule has 0 N–H and O–H groups in total. The van der Waals surface area contributed by atoms with E-state index in [4.69, 9.17) is 9.57 Å². The number of carbonyl (C=O) groups excluding carboxylic acids is 1. The van der Waals surface area contributed by atoms with E-state index in [-0.39, 0.29) is 0 Å². The summed E-state index contributed by atoms with van der Waals surface area (Å²) in [5.74, 6) is 0. The minimum atomic E-state index is -0.598. The highest BCUT2D eigenvalue weighted by atomic mass is 16.8. The molecule has 0 atom stereocenters. The number of carbonyl (C=O) groups is 1. The average Bonchev–Trinajstić information content (AvgIpc) is 2.02. The molecule has 14 heavy (non-hydrogen) atoms. The molecule has 0 bridgehead atoms. The zero-order valence-electron chi connectivity index (χ0n) is 9.21. The summed E-state index contributed by atoms with van der Waals surface area (Å²) in [6.07, 6.45) is 2.79. The number of hydroxylamine groups is 2. The minimum Gasteiger partial charge on any atom is -0.427 e. The van der Waals surface area contributed by atoms with E-state index in [9.17, 15) is 4.79 Å². The third-order valence-corrected chi connectivity index (χ3v) is 1.91. The van der Waals surface area contributed by atoms with E-state index in [1.807, 2.05) is 20.8 Å². The number of nitrogens with zero attached hydrogens (tertiary/aromatic N) is 1. The van der Waals surface area contributed by atoms with E-state index in [2.05, 4.69) is 0 Å². The van der Waals surface area contributed by atoms with Gasteiger partial charge in [0.2, 0.25) is 0 Å². The number of ether oxygens (including phenoxy) is 1. The molecule has 0 radical (unpaired) electrons. The van der Waals surface area contributed by atoms with Gasteiger partial charge in [0, 0.05) is 13.1 Å². The summed E-state index contributed by atoms with van der Waals surface area (Å²) in [6, 6.07) is 0. The van der Waals surface area contributed by atoms with Gasteiger partial charge in [0.15, 0.2) is 0 Å². The molecule has 1 aliphatic heterocycles. The highest BCUT2D eigenvalue weighted by Crippen LogP contribution is 2.12. The van der Waals surface area contributed by atoms with E-state index >= 15 is 0 Å². The van der Waals surface area contributed by atoms with Crippen molar-refractivity contribution in [3.63, 3.8) is 0 Å². The Morgan fingerprint density at radius 3 is 2.21 bits per heavy atom. The first-order chi connectivity index (χ1) is 6.47. The number of piperidine rings is 1. The molecule has 1 saturated heterocycles. The fraction of sp³-hybridized carbons (Fsp3) is 0.900. The molecule has 0 aromatic heterocycles. The van der Waals surface area contributed by atoms with Crippen molar-refractivity contribution in [1.29, 1.82) is 0 Å². The molecule has 1 aliphatic rings. The molecule has 0 aromatic carbocycles. The van der Waals surface area contributed by atoms with Crippen LogP contribution in [0.5, 0.6) is 0 Å². The predicted octanol–water partition coefficient (Wildman–Crippen LogP) is 2.34. The third-order valence-electron chi connectivity index (χ3n) is 1.91. The molecule has 82 valence electrons. The quantitative estimate of drug-likeness (QED) is 0.610. The van der Waals surface area contributed by atoms with Gasteiger partial charge in [-0.05, 0) is 33.6 Å². The molecule has 0 saturated carbocycles. The van der Waals surface area contributed by atoms with Crippen molar-refractivity contribution in [1.82, 2.24) is 5.06 Å². The van der Waals surface area contributed by atoms with Crippen LogP contribution >= 0.6 is 0 Å². The number of hydrogen-bond acceptors (Lipinski definition) is 4. The van der Waals surface area contributed by atoms with Crippen molar-refractivity contribution in [2.75, 3.05) is 13.1 Å². The molecule has 1 fully saturated rings. The lowest BCUT2D eigenvalue weighted by atomic mass is 10.2. The van der Waals surface area contributed by atoms with Crippen molar-refractivity contribution in [3.05, 3.63) is 0 Å². The Kier molecular flexibility index (Phi) is 3.75. The van der Waals surface area contributed by atoms with Crippen molar-refractivity contribution in [2.45, 2.75) is 45.6 Å². The van der Waals surface area contributed by atoms with Gasteiger partial charge in [0.1, 0.15) is 5.60 Å². The topological polar surface area (TPSA) is 38.8 Å². The second-order valence-electron chi connectivity index (χ2n) is 4.55. The summed E-state index contributed by atoms with van der Waals surface area (Å²) in [6.45, 7) is 7.11. The van der Waals surface area contributed by atoms with Gasteiger partial charge in [-0.1, -0.05) is 6.42 Å². The first-order valence-corrected chi connectivity index (χ1v) is 5.13. The molecule has 0 aromatic rings. The van der Waals surface area contributed by atoms with E-state index in [1.165, 1.54) is 6.42 Å². The number of rotatable bonds is 1. The van der Waals surface area contributed by atoms with E-state index in [0.29, 0.717) is 0 Å². The Bertz CT molecular complexity index is 192. The number of hydrogen-bond donors (Lipinski definition) is 0. The van der Waals surface area contributed by atoms with E-state index < -0.39 is 11.8 Å². The molecule has 1 rings (SSSR count). The highest BCUT2D eigenvalue weighted by molar-refractivity contribution is 5.60. The Labute approximate surface area is 85.1 Å². The second-order valence-corrected chi connectivity index (χ2v) is 4.55. The molecular formula is C10H19NO3. The lowest BCUT2D eigenvalue weighted by Gasteiger charge is -2.26. The summed E-state index contributed by atoms with van der Waals surface area (Å²) in [7, 11) is 0. The largest absolute Gasteiger partial charge is 0.528 e. The first kappa shape index (κ1) is 11.3. The monoisotopic (exact) mass is 201 g/mol. The van der Waals surface area contributed by atoms with Gasteiger partial charge in [-0.15, -0.1) is 5.06 Å². The van der Waals surface area contributed by atoms with Crippen LogP contribution in [0, 0.1) is 0 Å². The molecule has 0 aliphatic carbocycles. The Morgan fingerprint density at radius 1 is 1.14 bits per heavy atom. The van der Waals surface area contributed by atoms with Crippen LogP contribution < -0.4 is 0 Å². The van der Waals surface area contributed by atoms with Crippen molar-refractivity contribution < 1.29 is 14.4 Å². The van der Waals surface area contributed by atoms with Crippen LogP contribution in [0.25, 0.3) is 0 Å². The molecule has 4 heteroatoms. The van der Waals surface area contributed by atoms with Crippen molar-refractivity contribution >= 4 is 6.16 Å². The first-order valence-electron chi connectivity index (χ1n) is 5.13. The molecule has 4 nitrogen and oxygen atoms in total. The normalized spacial score (nSPS) is 19.1. The zero-order valence-corrected chi connectivity index (χ0v) is 9.21. The lowest BCUT2D eigenvalue weighted by molar-refractivity contribution is -0.150. The fourth-order valence-corrected chi connectivity index (χ4v) is 1.33. The fourth-order valence-electron chi connectivity index (χ4n) is 1.33. The summed E-state index contributed by atoms with van der Waals surface area (Å²) in [4.78, 5) is 16.3. The smallest absolute Gasteiger partial charge is 0.427 e. The standard InChI is InChI=1S/C10H19NO3/c1-10(2,3)13-9(12)14-11-7-5-4-6-8-11/h4-8H2,1-3H3. The van der Waals surface area contributed by atoms with Crippen molar-refractivity contribution in [2.24, 2.45) is 0 Å². The minimum absolute atomic E-state index is 0.479. The third kappa shape index (κ3) is 4.46. The van der Waals surface area contributed by atoms with Gasteiger partial charge < -0.3 is 9.57 Å². The van der Waals surface area contributed by atoms with Crippen LogP contribution in [-0.4, -0.2) is 29.9 Å². The van der Waals surface area contributed by atoms with Crippen LogP contribution in [-0.2, 0) is 9.57 Å². The zero-order chi connectivity index (χ0) is 10.6. The Morgan fingerprint density at radius 2 is 1.71 bits per heavy atom. The Hall–Kier alpha value is -0.770. The van der Waals surface area contributed by atoms with Crippen LogP contribution in [0.4, 0.5) is 4.79 Å². The molecule has 1 heterocycles. The van der Waals surface area contributed by atoms with Gasteiger partial charge in [-0.2, -0.15) is 0 Å². The predicted molar refractivity (Wildman–Crippen MR) is 52.7 cm³/mol. The van der Waals surface area contributed by atoms with Gasteiger partial charge >= 0.3 is 6.16 Å². The SMILES string of the molecule is CC(C)(C)OC(=O)ON1CCCCC1. The van der Waals surface area contributed by atoms with Crippen LogP contribution in [0.15, 0.2) is 0 Å². The molecule has 0 amide bonds. The average molecular weight is 201 g/mol.